The largest absolute Gasteiger partial charge is 0.493 e. The molecule has 1 aromatic rings. The molecule has 0 saturated carbocycles. The Balaban J connectivity index is 2.56. The Morgan fingerprint density at radius 2 is 2.31 bits per heavy atom. The van der Waals surface area contributed by atoms with Gasteiger partial charge in [-0.3, -0.25) is 0 Å². The maximum atomic E-state index is 13.1. The lowest BCUT2D eigenvalue weighted by Gasteiger charge is -2.23. The van der Waals surface area contributed by atoms with Crippen LogP contribution < -0.4 is 4.74 Å². The molecule has 0 bridgehead atoms. The molecule has 2 nitrogen and oxygen atoms in total. The van der Waals surface area contributed by atoms with Crippen LogP contribution in [0.1, 0.15) is 23.7 Å². The van der Waals surface area contributed by atoms with Crippen molar-refractivity contribution in [2.75, 3.05) is 6.61 Å². The van der Waals surface area contributed by atoms with Gasteiger partial charge in [-0.2, -0.15) is 0 Å². The number of rotatable bonds is 0. The van der Waals surface area contributed by atoms with Gasteiger partial charge in [0.25, 0.3) is 0 Å². The first-order chi connectivity index (χ1) is 6.20. The molecule has 0 spiro atoms. The highest BCUT2D eigenvalue weighted by Gasteiger charge is 2.21. The highest BCUT2D eigenvalue weighted by atomic mass is 19.1. The maximum Gasteiger partial charge on any atom is 0.130 e. The van der Waals surface area contributed by atoms with E-state index in [1.807, 2.05) is 0 Å². The average molecular weight is 182 g/mol. The summed E-state index contributed by atoms with van der Waals surface area (Å²) in [5.41, 5.74) is 1.18. The summed E-state index contributed by atoms with van der Waals surface area (Å²) in [7, 11) is 0. The summed E-state index contributed by atoms with van der Waals surface area (Å²) in [6.07, 6.45) is 0.0704. The zero-order valence-corrected chi connectivity index (χ0v) is 7.38. The van der Waals surface area contributed by atoms with Crippen LogP contribution in [0.25, 0.3) is 0 Å². The summed E-state index contributed by atoms with van der Waals surface area (Å²) >= 11 is 0. The molecule has 0 radical (unpaired) electrons. The Morgan fingerprint density at radius 1 is 1.54 bits per heavy atom. The van der Waals surface area contributed by atoms with Gasteiger partial charge in [-0.1, -0.05) is 0 Å². The summed E-state index contributed by atoms with van der Waals surface area (Å²) < 4.78 is 18.4. The molecule has 0 aromatic heterocycles. The van der Waals surface area contributed by atoms with Crippen LogP contribution in [0, 0.1) is 12.7 Å². The zero-order valence-electron chi connectivity index (χ0n) is 7.38. The van der Waals surface area contributed by atoms with Crippen LogP contribution >= 0.6 is 0 Å². The maximum absolute atomic E-state index is 13.1. The highest BCUT2D eigenvalue weighted by Crippen LogP contribution is 2.35. The number of aliphatic hydroxyl groups excluding tert-OH is 1. The molecule has 1 atom stereocenters. The van der Waals surface area contributed by atoms with Gasteiger partial charge in [0, 0.05) is 17.5 Å². The number of hydrogen-bond acceptors (Lipinski definition) is 2. The molecule has 0 amide bonds. The van der Waals surface area contributed by atoms with E-state index in [9.17, 15) is 9.50 Å². The van der Waals surface area contributed by atoms with Crippen molar-refractivity contribution in [3.63, 3.8) is 0 Å². The SMILES string of the molecule is Cc1c(F)ccc2c1OCC[C@H]2O. The first-order valence-corrected chi connectivity index (χ1v) is 4.30. The predicted octanol–water partition coefficient (Wildman–Crippen LogP) is 1.95. The molecule has 0 fully saturated rings. The Hall–Kier alpha value is -1.09. The van der Waals surface area contributed by atoms with E-state index in [1.54, 1.807) is 13.0 Å². The lowest BCUT2D eigenvalue weighted by molar-refractivity contribution is 0.114. The minimum absolute atomic E-state index is 0.284. The van der Waals surface area contributed by atoms with E-state index < -0.39 is 6.10 Å². The Morgan fingerprint density at radius 3 is 3.08 bits per heavy atom. The Kier molecular flexibility index (Phi) is 1.96. The normalized spacial score (nSPS) is 20.7. The van der Waals surface area contributed by atoms with Gasteiger partial charge >= 0.3 is 0 Å². The van der Waals surface area contributed by atoms with Crippen molar-refractivity contribution in [2.45, 2.75) is 19.4 Å². The van der Waals surface area contributed by atoms with Crippen molar-refractivity contribution in [3.05, 3.63) is 29.1 Å². The quantitative estimate of drug-likeness (QED) is 0.664. The number of fused-ring (bicyclic) bond motifs is 1. The fourth-order valence-corrected chi connectivity index (χ4v) is 1.57. The fourth-order valence-electron chi connectivity index (χ4n) is 1.57. The van der Waals surface area contributed by atoms with Crippen molar-refractivity contribution in [2.24, 2.45) is 0 Å². The molecule has 1 aromatic carbocycles. The van der Waals surface area contributed by atoms with Gasteiger partial charge in [0.2, 0.25) is 0 Å². The molecule has 0 unspecified atom stereocenters. The molecule has 0 saturated heterocycles. The Bertz CT molecular complexity index is 336. The molecule has 13 heavy (non-hydrogen) atoms. The van der Waals surface area contributed by atoms with Gasteiger partial charge < -0.3 is 9.84 Å². The number of benzene rings is 1. The number of halogens is 1. The van der Waals surface area contributed by atoms with Crippen LogP contribution in [0.15, 0.2) is 12.1 Å². The summed E-state index contributed by atoms with van der Waals surface area (Å²) in [4.78, 5) is 0. The predicted molar refractivity (Wildman–Crippen MR) is 46.2 cm³/mol. The molecule has 1 aliphatic rings. The topological polar surface area (TPSA) is 29.5 Å². The van der Waals surface area contributed by atoms with Crippen molar-refractivity contribution in [3.8, 4) is 5.75 Å². The van der Waals surface area contributed by atoms with Crippen LogP contribution in [-0.2, 0) is 0 Å². The molecule has 0 aliphatic carbocycles. The molecule has 70 valence electrons. The third-order valence-corrected chi connectivity index (χ3v) is 2.37. The minimum Gasteiger partial charge on any atom is -0.493 e. The first-order valence-electron chi connectivity index (χ1n) is 4.30. The molecule has 3 heteroatoms. The molecular weight excluding hydrogens is 171 g/mol. The van der Waals surface area contributed by atoms with Gasteiger partial charge in [0.05, 0.1) is 12.7 Å². The molecule has 1 N–H and O–H groups in total. The van der Waals surface area contributed by atoms with Gasteiger partial charge in [-0.15, -0.1) is 0 Å². The molecule has 2 rings (SSSR count). The Labute approximate surface area is 76.0 Å². The van der Waals surface area contributed by atoms with Crippen molar-refractivity contribution < 1.29 is 14.2 Å². The number of aliphatic hydroxyl groups is 1. The minimum atomic E-state index is -0.511. The zero-order chi connectivity index (χ0) is 9.42. The second kappa shape index (κ2) is 3.00. The third kappa shape index (κ3) is 1.29. The summed E-state index contributed by atoms with van der Waals surface area (Å²) in [5, 5.41) is 9.57. The first kappa shape index (κ1) is 8.51. The van der Waals surface area contributed by atoms with Crippen LogP contribution in [0.4, 0.5) is 4.39 Å². The monoisotopic (exact) mass is 182 g/mol. The lowest BCUT2D eigenvalue weighted by atomic mass is 10.0. The van der Waals surface area contributed by atoms with Crippen molar-refractivity contribution in [1.82, 2.24) is 0 Å². The van der Waals surface area contributed by atoms with Crippen molar-refractivity contribution in [1.29, 1.82) is 0 Å². The van der Waals surface area contributed by atoms with E-state index >= 15 is 0 Å². The number of ether oxygens (including phenoxy) is 1. The van der Waals surface area contributed by atoms with Crippen LogP contribution in [-0.4, -0.2) is 11.7 Å². The van der Waals surface area contributed by atoms with Crippen molar-refractivity contribution >= 4 is 0 Å². The van der Waals surface area contributed by atoms with E-state index in [1.165, 1.54) is 6.07 Å². The standard InChI is InChI=1S/C10H11FO2/c1-6-8(11)3-2-7-9(12)4-5-13-10(6)7/h2-3,9,12H,4-5H2,1H3/t9-/m1/s1. The van der Waals surface area contributed by atoms with E-state index in [0.717, 1.165) is 0 Å². The molecular formula is C10H11FO2. The second-order valence-electron chi connectivity index (χ2n) is 3.24. The van der Waals surface area contributed by atoms with E-state index in [-0.39, 0.29) is 5.82 Å². The fraction of sp³-hybridized carbons (Fsp3) is 0.400. The third-order valence-electron chi connectivity index (χ3n) is 2.37. The lowest BCUT2D eigenvalue weighted by Crippen LogP contribution is -2.15. The van der Waals surface area contributed by atoms with E-state index in [4.69, 9.17) is 4.74 Å². The molecule has 1 heterocycles. The second-order valence-corrected chi connectivity index (χ2v) is 3.24. The molecule has 1 aliphatic heterocycles. The summed E-state index contributed by atoms with van der Waals surface area (Å²) in [6, 6.07) is 2.95. The van der Waals surface area contributed by atoms with Gasteiger partial charge in [-0.05, 0) is 19.1 Å². The smallest absolute Gasteiger partial charge is 0.130 e. The highest BCUT2D eigenvalue weighted by molar-refractivity contribution is 5.43. The van der Waals surface area contributed by atoms with Gasteiger partial charge in [-0.25, -0.2) is 4.39 Å². The average Bonchev–Trinajstić information content (AvgIpc) is 2.12. The van der Waals surface area contributed by atoms with Crippen LogP contribution in [0.3, 0.4) is 0 Å². The van der Waals surface area contributed by atoms with Gasteiger partial charge in [0.1, 0.15) is 11.6 Å². The summed E-state index contributed by atoms with van der Waals surface area (Å²) in [5.74, 6) is 0.228. The van der Waals surface area contributed by atoms with Gasteiger partial charge in [0.15, 0.2) is 0 Å². The van der Waals surface area contributed by atoms with E-state index in [2.05, 4.69) is 0 Å². The van der Waals surface area contributed by atoms with E-state index in [0.29, 0.717) is 29.9 Å². The van der Waals surface area contributed by atoms with Crippen LogP contribution in [0.2, 0.25) is 0 Å². The number of hydrogen-bond donors (Lipinski definition) is 1. The summed E-state index contributed by atoms with van der Waals surface area (Å²) in [6.45, 7) is 2.12. The van der Waals surface area contributed by atoms with Crippen LogP contribution in [0.5, 0.6) is 5.75 Å².